The van der Waals surface area contributed by atoms with Gasteiger partial charge >= 0.3 is 0 Å². The predicted molar refractivity (Wildman–Crippen MR) is 60.8 cm³/mol. The molecule has 0 saturated heterocycles. The Morgan fingerprint density at radius 3 is 2.47 bits per heavy atom. The first-order chi connectivity index (χ1) is 6.72. The van der Waals surface area contributed by atoms with Crippen LogP contribution >= 0.6 is 12.4 Å². The highest BCUT2D eigenvalue weighted by molar-refractivity contribution is 5.85. The van der Waals surface area contributed by atoms with Crippen LogP contribution in [0.25, 0.3) is 0 Å². The van der Waals surface area contributed by atoms with Gasteiger partial charge in [-0.3, -0.25) is 0 Å². The smallest absolute Gasteiger partial charge is 0.124 e. The van der Waals surface area contributed by atoms with E-state index in [1.54, 1.807) is 32.4 Å². The molecule has 0 spiro atoms. The Balaban J connectivity index is 0.00000196. The van der Waals surface area contributed by atoms with Crippen molar-refractivity contribution in [1.29, 1.82) is 0 Å². The van der Waals surface area contributed by atoms with Crippen LogP contribution in [0.3, 0.4) is 0 Å². The molecule has 1 rings (SSSR count). The molecule has 86 valence electrons. The number of nitrogens with two attached hydrogens (primary N) is 1. The fraction of sp³-hybridized carbons (Fsp3) is 0.400. The van der Waals surface area contributed by atoms with E-state index < -0.39 is 6.10 Å². The topological polar surface area (TPSA) is 64.7 Å². The number of methoxy groups -OCH3 is 2. The van der Waals surface area contributed by atoms with Gasteiger partial charge in [0.25, 0.3) is 0 Å². The first-order valence-corrected chi connectivity index (χ1v) is 4.33. The first-order valence-electron chi connectivity index (χ1n) is 4.33. The normalized spacial score (nSPS) is 11.5. The number of hydrogen-bond acceptors (Lipinski definition) is 4. The Morgan fingerprint density at radius 2 is 2.00 bits per heavy atom. The quantitative estimate of drug-likeness (QED) is 0.818. The predicted octanol–water partition coefficient (Wildman–Crippen LogP) is 1.12. The molecule has 1 atom stereocenters. The third-order valence-electron chi connectivity index (χ3n) is 2.02. The molecular formula is C10H16ClNO3. The number of benzene rings is 1. The standard InChI is InChI=1S/C10H15NO3.ClH/c1-13-7-3-4-10(14-2)8(5-7)9(12)6-11;/h3-5,9,12H,6,11H2,1-2H3;1H/t9-;/m1./s1. The second-order valence-electron chi connectivity index (χ2n) is 2.86. The highest BCUT2D eigenvalue weighted by atomic mass is 35.5. The van der Waals surface area contributed by atoms with Crippen LogP contribution in [-0.2, 0) is 0 Å². The molecule has 0 heterocycles. The van der Waals surface area contributed by atoms with Crippen molar-refractivity contribution in [2.45, 2.75) is 6.10 Å². The molecule has 1 aromatic rings. The van der Waals surface area contributed by atoms with Crippen LogP contribution < -0.4 is 15.2 Å². The van der Waals surface area contributed by atoms with Gasteiger partial charge in [-0.15, -0.1) is 12.4 Å². The third kappa shape index (κ3) is 3.27. The van der Waals surface area contributed by atoms with Gasteiger partial charge < -0.3 is 20.3 Å². The van der Waals surface area contributed by atoms with Gasteiger partial charge in [0.05, 0.1) is 20.3 Å². The van der Waals surface area contributed by atoms with E-state index in [1.165, 1.54) is 0 Å². The first kappa shape index (κ1) is 14.0. The van der Waals surface area contributed by atoms with Crippen LogP contribution in [0.4, 0.5) is 0 Å². The molecule has 0 aliphatic rings. The van der Waals surface area contributed by atoms with E-state index in [0.29, 0.717) is 17.1 Å². The van der Waals surface area contributed by atoms with Gasteiger partial charge in [0.2, 0.25) is 0 Å². The van der Waals surface area contributed by atoms with Crippen LogP contribution in [0.5, 0.6) is 11.5 Å². The maximum absolute atomic E-state index is 9.60. The average Bonchev–Trinajstić information content (AvgIpc) is 2.27. The Labute approximate surface area is 95.4 Å². The zero-order valence-corrected chi connectivity index (χ0v) is 9.58. The molecule has 0 fully saturated rings. The summed E-state index contributed by atoms with van der Waals surface area (Å²) in [6.07, 6.45) is -0.722. The van der Waals surface area contributed by atoms with E-state index in [1.807, 2.05) is 0 Å². The van der Waals surface area contributed by atoms with Gasteiger partial charge in [-0.25, -0.2) is 0 Å². The Kier molecular flexibility index (Phi) is 6.08. The number of ether oxygens (including phenoxy) is 2. The Hall–Kier alpha value is -0.970. The summed E-state index contributed by atoms with van der Waals surface area (Å²) in [5, 5.41) is 9.60. The van der Waals surface area contributed by atoms with Gasteiger partial charge in [-0.2, -0.15) is 0 Å². The lowest BCUT2D eigenvalue weighted by Crippen LogP contribution is -2.12. The number of rotatable bonds is 4. The summed E-state index contributed by atoms with van der Waals surface area (Å²) >= 11 is 0. The molecule has 0 radical (unpaired) electrons. The van der Waals surface area contributed by atoms with Crippen LogP contribution in [0, 0.1) is 0 Å². The molecule has 0 aliphatic heterocycles. The molecule has 0 bridgehead atoms. The Morgan fingerprint density at radius 1 is 1.33 bits per heavy atom. The summed E-state index contributed by atoms with van der Waals surface area (Å²) in [5.41, 5.74) is 6.02. The number of hydrogen-bond donors (Lipinski definition) is 2. The largest absolute Gasteiger partial charge is 0.497 e. The monoisotopic (exact) mass is 233 g/mol. The van der Waals surface area contributed by atoms with Crippen molar-refractivity contribution in [3.8, 4) is 11.5 Å². The van der Waals surface area contributed by atoms with Crippen molar-refractivity contribution in [3.05, 3.63) is 23.8 Å². The van der Waals surface area contributed by atoms with E-state index in [-0.39, 0.29) is 19.0 Å². The van der Waals surface area contributed by atoms with Crippen molar-refractivity contribution in [3.63, 3.8) is 0 Å². The summed E-state index contributed by atoms with van der Waals surface area (Å²) in [6.45, 7) is 0.156. The summed E-state index contributed by atoms with van der Waals surface area (Å²) in [5.74, 6) is 1.29. The van der Waals surface area contributed by atoms with E-state index in [4.69, 9.17) is 15.2 Å². The minimum atomic E-state index is -0.722. The molecule has 0 aliphatic carbocycles. The molecule has 15 heavy (non-hydrogen) atoms. The van der Waals surface area contributed by atoms with Crippen molar-refractivity contribution in [1.82, 2.24) is 0 Å². The molecule has 4 nitrogen and oxygen atoms in total. The Bertz CT molecular complexity index is 307. The van der Waals surface area contributed by atoms with Crippen LogP contribution in [0.2, 0.25) is 0 Å². The molecule has 0 unspecified atom stereocenters. The molecule has 1 aromatic carbocycles. The highest BCUT2D eigenvalue weighted by Crippen LogP contribution is 2.28. The molecule has 0 saturated carbocycles. The zero-order valence-electron chi connectivity index (χ0n) is 8.77. The van der Waals surface area contributed by atoms with Gasteiger partial charge in [0.1, 0.15) is 11.5 Å². The summed E-state index contributed by atoms with van der Waals surface area (Å²) < 4.78 is 10.1. The zero-order chi connectivity index (χ0) is 10.6. The van der Waals surface area contributed by atoms with E-state index in [0.717, 1.165) is 0 Å². The average molecular weight is 234 g/mol. The molecule has 0 aromatic heterocycles. The summed E-state index contributed by atoms with van der Waals surface area (Å²) in [6, 6.07) is 5.23. The van der Waals surface area contributed by atoms with Crippen LogP contribution in [-0.4, -0.2) is 25.9 Å². The van der Waals surface area contributed by atoms with Crippen molar-refractivity contribution in [2.24, 2.45) is 5.73 Å². The third-order valence-corrected chi connectivity index (χ3v) is 2.02. The van der Waals surface area contributed by atoms with Crippen LogP contribution in [0.1, 0.15) is 11.7 Å². The van der Waals surface area contributed by atoms with Crippen molar-refractivity contribution >= 4 is 12.4 Å². The highest BCUT2D eigenvalue weighted by Gasteiger charge is 2.12. The number of aliphatic hydroxyl groups is 1. The SMILES string of the molecule is COc1ccc(OC)c([C@H](O)CN)c1.Cl. The second kappa shape index (κ2) is 6.50. The lowest BCUT2D eigenvalue weighted by Gasteiger charge is -2.14. The molecule has 5 heteroatoms. The van der Waals surface area contributed by atoms with Gasteiger partial charge in [0, 0.05) is 12.1 Å². The van der Waals surface area contributed by atoms with Gasteiger partial charge in [0.15, 0.2) is 0 Å². The van der Waals surface area contributed by atoms with Crippen molar-refractivity contribution in [2.75, 3.05) is 20.8 Å². The van der Waals surface area contributed by atoms with E-state index >= 15 is 0 Å². The van der Waals surface area contributed by atoms with E-state index in [2.05, 4.69) is 0 Å². The minimum absolute atomic E-state index is 0. The van der Waals surface area contributed by atoms with Crippen LogP contribution in [0.15, 0.2) is 18.2 Å². The summed E-state index contributed by atoms with van der Waals surface area (Å²) in [7, 11) is 3.12. The molecular weight excluding hydrogens is 218 g/mol. The number of aliphatic hydroxyl groups excluding tert-OH is 1. The molecule has 3 N–H and O–H groups in total. The van der Waals surface area contributed by atoms with Crippen molar-refractivity contribution < 1.29 is 14.6 Å². The maximum Gasteiger partial charge on any atom is 0.124 e. The maximum atomic E-state index is 9.60. The van der Waals surface area contributed by atoms with Gasteiger partial charge in [-0.05, 0) is 18.2 Å². The molecule has 0 amide bonds. The second-order valence-corrected chi connectivity index (χ2v) is 2.86. The summed E-state index contributed by atoms with van der Waals surface area (Å²) in [4.78, 5) is 0. The van der Waals surface area contributed by atoms with E-state index in [9.17, 15) is 5.11 Å². The lowest BCUT2D eigenvalue weighted by molar-refractivity contribution is 0.181. The fourth-order valence-electron chi connectivity index (χ4n) is 1.23. The minimum Gasteiger partial charge on any atom is -0.497 e. The van der Waals surface area contributed by atoms with Gasteiger partial charge in [-0.1, -0.05) is 0 Å². The fourth-order valence-corrected chi connectivity index (χ4v) is 1.23. The number of halogens is 1. The lowest BCUT2D eigenvalue weighted by atomic mass is 10.1.